The molecule has 0 atom stereocenters. The van der Waals surface area contributed by atoms with E-state index in [0.717, 1.165) is 0 Å². The van der Waals surface area contributed by atoms with Gasteiger partial charge < -0.3 is 10.8 Å². The summed E-state index contributed by atoms with van der Waals surface area (Å²) in [4.78, 5) is 0. The van der Waals surface area contributed by atoms with E-state index in [4.69, 9.17) is 10.8 Å². The monoisotopic (exact) mass is 190 g/mol. The minimum atomic E-state index is 0. The van der Waals surface area contributed by atoms with Crippen LogP contribution in [-0.4, -0.2) is 11.4 Å². The second kappa shape index (κ2) is 4.17. The summed E-state index contributed by atoms with van der Waals surface area (Å²) in [5.74, 6) is 0. The van der Waals surface area contributed by atoms with Gasteiger partial charge >= 0.3 is 0 Å². The Bertz CT molecular complexity index is 75.7. The van der Waals surface area contributed by atoms with E-state index in [1.807, 2.05) is 0 Å². The Kier molecular flexibility index (Phi) is 6.00. The zero-order valence-corrected chi connectivity index (χ0v) is 5.87. The van der Waals surface area contributed by atoms with Gasteiger partial charge in [-0.1, -0.05) is 0 Å². The Morgan fingerprint density at radius 2 is 1.14 bits per heavy atom. The molecule has 0 spiro atoms. The molecule has 0 aromatic carbocycles. The molecule has 0 aromatic heterocycles. The number of nitrogens with one attached hydrogen (secondary N) is 2. The van der Waals surface area contributed by atoms with Crippen LogP contribution in [0.1, 0.15) is 13.8 Å². The number of hydrogen-bond acceptors (Lipinski definition) is 2. The summed E-state index contributed by atoms with van der Waals surface area (Å²) in [5.41, 5.74) is 0.685. The molecule has 2 N–H and O–H groups in total. The fraction of sp³-hybridized carbons (Fsp3) is 0.500. The molecule has 0 saturated carbocycles. The van der Waals surface area contributed by atoms with Gasteiger partial charge in [0.15, 0.2) is 0 Å². The first-order valence-corrected chi connectivity index (χ1v) is 1.75. The van der Waals surface area contributed by atoms with Crippen molar-refractivity contribution in [2.75, 3.05) is 0 Å². The third kappa shape index (κ3) is 6.00. The normalized spacial score (nSPS) is 6.57. The number of rotatable bonds is 1. The Balaban J connectivity index is 0. The van der Waals surface area contributed by atoms with Gasteiger partial charge in [-0.15, -0.1) is 0 Å². The molecule has 7 heavy (non-hydrogen) atoms. The second-order valence-corrected chi connectivity index (χ2v) is 1.25. The third-order valence-electron chi connectivity index (χ3n) is 0.562. The van der Waals surface area contributed by atoms with Crippen molar-refractivity contribution in [3.63, 3.8) is 0 Å². The Morgan fingerprint density at radius 3 is 1.14 bits per heavy atom. The van der Waals surface area contributed by atoms with Gasteiger partial charge in [-0.25, -0.2) is 0 Å². The molecule has 0 fully saturated rings. The molecule has 2 nitrogen and oxygen atoms in total. The Hall–Kier alpha value is 0.00234. The molecule has 0 aliphatic rings. The zero-order chi connectivity index (χ0) is 5.15. The van der Waals surface area contributed by atoms with E-state index in [0.29, 0.717) is 11.4 Å². The standard InChI is InChI=1S/C4H8N2.Pd/c1-3(5)4(2)6;/h5-6H,1-2H3;. The van der Waals surface area contributed by atoms with Crippen LogP contribution in [0, 0.1) is 10.8 Å². The minimum Gasteiger partial charge on any atom is -0.304 e. The van der Waals surface area contributed by atoms with Crippen LogP contribution in [0.25, 0.3) is 0 Å². The van der Waals surface area contributed by atoms with Crippen molar-refractivity contribution in [3.05, 3.63) is 0 Å². The van der Waals surface area contributed by atoms with E-state index in [1.54, 1.807) is 13.8 Å². The topological polar surface area (TPSA) is 47.7 Å². The van der Waals surface area contributed by atoms with Gasteiger partial charge in [0.2, 0.25) is 0 Å². The molecule has 0 unspecified atom stereocenters. The van der Waals surface area contributed by atoms with Gasteiger partial charge in [0.25, 0.3) is 0 Å². The molecule has 0 aromatic rings. The summed E-state index contributed by atoms with van der Waals surface area (Å²) >= 11 is 0. The zero-order valence-electron chi connectivity index (χ0n) is 4.32. The van der Waals surface area contributed by atoms with Crippen LogP contribution < -0.4 is 0 Å². The maximum atomic E-state index is 6.72. The Morgan fingerprint density at radius 1 is 1.00 bits per heavy atom. The Labute approximate surface area is 57.0 Å². The van der Waals surface area contributed by atoms with Crippen molar-refractivity contribution < 1.29 is 20.4 Å². The molecular weight excluding hydrogens is 182 g/mol. The van der Waals surface area contributed by atoms with Crippen molar-refractivity contribution in [1.82, 2.24) is 0 Å². The van der Waals surface area contributed by atoms with E-state index in [-0.39, 0.29) is 20.4 Å². The molecule has 0 amide bonds. The van der Waals surface area contributed by atoms with Gasteiger partial charge in [-0.05, 0) is 13.8 Å². The molecule has 0 saturated heterocycles. The van der Waals surface area contributed by atoms with Crippen molar-refractivity contribution in [2.45, 2.75) is 13.8 Å². The second-order valence-electron chi connectivity index (χ2n) is 1.25. The molecule has 0 aliphatic carbocycles. The third-order valence-corrected chi connectivity index (χ3v) is 0.562. The predicted molar refractivity (Wildman–Crippen MR) is 26.8 cm³/mol. The maximum absolute atomic E-state index is 6.72. The first-order chi connectivity index (χ1) is 2.64. The molecule has 0 bridgehead atoms. The average molecular weight is 191 g/mol. The van der Waals surface area contributed by atoms with Crippen molar-refractivity contribution >= 4 is 11.4 Å². The SMILES string of the molecule is CC(=N)C(C)=N.[Pd]. The van der Waals surface area contributed by atoms with Crippen LogP contribution in [0.2, 0.25) is 0 Å². The summed E-state index contributed by atoms with van der Waals surface area (Å²) in [7, 11) is 0. The van der Waals surface area contributed by atoms with E-state index < -0.39 is 0 Å². The largest absolute Gasteiger partial charge is 0.304 e. The van der Waals surface area contributed by atoms with Gasteiger partial charge in [0.1, 0.15) is 0 Å². The van der Waals surface area contributed by atoms with E-state index in [9.17, 15) is 0 Å². The minimum absolute atomic E-state index is 0. The quantitative estimate of drug-likeness (QED) is 0.459. The van der Waals surface area contributed by atoms with Crippen molar-refractivity contribution in [3.8, 4) is 0 Å². The average Bonchev–Trinajstić information content (AvgIpc) is 1.36. The number of hydrogen-bond donors (Lipinski definition) is 2. The van der Waals surface area contributed by atoms with Crippen molar-refractivity contribution in [2.24, 2.45) is 0 Å². The fourth-order valence-electron chi connectivity index (χ4n) is 0. The van der Waals surface area contributed by atoms with Crippen LogP contribution in [0.15, 0.2) is 0 Å². The summed E-state index contributed by atoms with van der Waals surface area (Å²) in [6.45, 7) is 3.20. The fourth-order valence-corrected chi connectivity index (χ4v) is 0. The molecule has 0 aliphatic heterocycles. The van der Waals surface area contributed by atoms with Gasteiger partial charge in [-0.2, -0.15) is 0 Å². The predicted octanol–water partition coefficient (Wildman–Crippen LogP) is 1.06. The summed E-state index contributed by atoms with van der Waals surface area (Å²) in [6.07, 6.45) is 0. The van der Waals surface area contributed by atoms with Crippen LogP contribution >= 0.6 is 0 Å². The van der Waals surface area contributed by atoms with Crippen LogP contribution in [0.4, 0.5) is 0 Å². The first kappa shape index (κ1) is 10.1. The van der Waals surface area contributed by atoms with E-state index >= 15 is 0 Å². The van der Waals surface area contributed by atoms with Crippen molar-refractivity contribution in [1.29, 1.82) is 10.8 Å². The maximum Gasteiger partial charge on any atom is 0.0487 e. The summed E-state index contributed by atoms with van der Waals surface area (Å²) < 4.78 is 0. The van der Waals surface area contributed by atoms with Crippen LogP contribution in [-0.2, 0) is 20.4 Å². The summed E-state index contributed by atoms with van der Waals surface area (Å²) in [6, 6.07) is 0. The molecule has 3 heteroatoms. The summed E-state index contributed by atoms with van der Waals surface area (Å²) in [5, 5.41) is 13.4. The first-order valence-electron chi connectivity index (χ1n) is 1.75. The molecule has 0 heterocycles. The molecular formula is C4H8N2Pd. The van der Waals surface area contributed by atoms with Crippen LogP contribution in [0.5, 0.6) is 0 Å². The molecule has 0 rings (SSSR count). The van der Waals surface area contributed by atoms with Gasteiger partial charge in [0.05, 0.1) is 0 Å². The smallest absolute Gasteiger partial charge is 0.0487 e. The van der Waals surface area contributed by atoms with E-state index in [1.165, 1.54) is 0 Å². The van der Waals surface area contributed by atoms with Gasteiger partial charge in [-0.3, -0.25) is 0 Å². The molecule has 44 valence electrons. The van der Waals surface area contributed by atoms with E-state index in [2.05, 4.69) is 0 Å². The van der Waals surface area contributed by atoms with Gasteiger partial charge in [0, 0.05) is 31.8 Å². The molecule has 0 radical (unpaired) electrons. The van der Waals surface area contributed by atoms with Crippen LogP contribution in [0.3, 0.4) is 0 Å².